The number of carbonyl (C=O) groups excluding carboxylic acids is 14. The molecule has 4 saturated heterocycles. The molecule has 22 atom stereocenters. The Balaban J connectivity index is 0.000000138. The van der Waals surface area contributed by atoms with Crippen LogP contribution in [0.3, 0.4) is 0 Å². The van der Waals surface area contributed by atoms with Gasteiger partial charge in [0.2, 0.25) is 0 Å². The van der Waals surface area contributed by atoms with E-state index in [-0.39, 0.29) is 183 Å². The summed E-state index contributed by atoms with van der Waals surface area (Å²) in [6.45, 7) is 34.8. The first-order valence-electron chi connectivity index (χ1n) is 47.7. The molecular formula is C97H134O35S2. The zero-order valence-electron chi connectivity index (χ0n) is 79.0. The molecule has 20 fully saturated rings. The molecule has 35 nitrogen and oxygen atoms in total. The largest absolute Gasteiger partial charge is 0.462 e. The second-order valence-corrected chi connectivity index (χ2v) is 46.1. The Morgan fingerprint density at radius 1 is 0.410 bits per heavy atom. The van der Waals surface area contributed by atoms with Gasteiger partial charge in [-0.2, -0.15) is 16.8 Å². The van der Waals surface area contributed by atoms with Crippen molar-refractivity contribution >= 4 is 104 Å². The first-order chi connectivity index (χ1) is 62.9. The van der Waals surface area contributed by atoms with E-state index in [2.05, 4.69) is 40.2 Å². The maximum Gasteiger partial charge on any atom is 0.344 e. The molecule has 0 spiro atoms. The van der Waals surface area contributed by atoms with Gasteiger partial charge in [0.05, 0.1) is 64.5 Å². The van der Waals surface area contributed by atoms with Crippen molar-refractivity contribution in [1.82, 2.24) is 0 Å². The van der Waals surface area contributed by atoms with E-state index >= 15 is 0 Å². The number of hydrogen-bond donors (Lipinski definition) is 1. The van der Waals surface area contributed by atoms with Gasteiger partial charge in [-0.1, -0.05) is 54.0 Å². The molecule has 0 aromatic rings. The van der Waals surface area contributed by atoms with Crippen LogP contribution in [0.2, 0.25) is 0 Å². The molecule has 0 radical (unpaired) electrons. The SMILES string of the molecule is C=C(C)C(=O)OC1(C(C)C)C2CC3CC(C2)CC1C3.C=C(C)C(=O)OC12CC3CC(CC(O)(C3)C1)C2.C=C(C)C(=O)OCC(=O)OC1C2CC3C(=O)OC1C3C2.C=C(C)C(=O)OCCOC(=O)CCC(=O)OC1C2CC3C1OS(=O)(=O)C3C2.CCC(C)(C)C(=O)OCC(=O)OC1C2CC3C(=O)OC1C3C2.CCC(C)(C)C(=O)OCCOC(=O)CCC(=O)OC1C2CC3C1OS(=O)(=O)C3C2. The maximum absolute atomic E-state index is 12.1. The summed E-state index contributed by atoms with van der Waals surface area (Å²) in [4.78, 5) is 164. The predicted molar refractivity (Wildman–Crippen MR) is 467 cm³/mol. The Labute approximate surface area is 782 Å². The number of carbonyl (C=O) groups is 14. The van der Waals surface area contributed by atoms with E-state index in [0.29, 0.717) is 85.7 Å². The van der Waals surface area contributed by atoms with Crippen LogP contribution in [0.15, 0.2) is 48.6 Å². The topological polar surface area (TPSA) is 475 Å². The number of ether oxygens (including phenoxy) is 14. The third-order valence-corrected chi connectivity index (χ3v) is 35.3. The molecule has 20 rings (SSSR count). The second-order valence-electron chi connectivity index (χ2n) is 42.5. The molecule has 0 amide bonds. The Morgan fingerprint density at radius 3 is 1.17 bits per heavy atom. The molecule has 4 aliphatic heterocycles. The molecule has 0 aromatic heterocycles. The minimum atomic E-state index is -3.56. The molecule has 16 bridgehead atoms. The lowest BCUT2D eigenvalue weighted by Crippen LogP contribution is -2.62. The highest BCUT2D eigenvalue weighted by Crippen LogP contribution is 2.64. The van der Waals surface area contributed by atoms with E-state index in [1.807, 2.05) is 13.8 Å². The fourth-order valence-electron chi connectivity index (χ4n) is 25.2. The molecule has 4 heterocycles. The van der Waals surface area contributed by atoms with Gasteiger partial charge in [0, 0.05) is 76.1 Å². The van der Waals surface area contributed by atoms with Crippen LogP contribution in [0.5, 0.6) is 0 Å². The Kier molecular flexibility index (Phi) is 31.3. The number of rotatable bonds is 31. The average molecular weight is 1920 g/mol. The summed E-state index contributed by atoms with van der Waals surface area (Å²) >= 11 is 0. The molecule has 16 aliphatic carbocycles. The summed E-state index contributed by atoms with van der Waals surface area (Å²) in [7, 11) is -7.11. The summed E-state index contributed by atoms with van der Waals surface area (Å²) in [6, 6.07) is 0. The summed E-state index contributed by atoms with van der Waals surface area (Å²) in [6.07, 6.45) is 14.3. The van der Waals surface area contributed by atoms with Gasteiger partial charge in [0.25, 0.3) is 20.2 Å². The zero-order chi connectivity index (χ0) is 97.7. The van der Waals surface area contributed by atoms with Gasteiger partial charge in [-0.05, 0) is 225 Å². The van der Waals surface area contributed by atoms with Crippen LogP contribution in [0.25, 0.3) is 0 Å². The first kappa shape index (κ1) is 103. The summed E-state index contributed by atoms with van der Waals surface area (Å²) < 4.78 is 131. The molecule has 744 valence electrons. The van der Waals surface area contributed by atoms with Crippen LogP contribution >= 0.6 is 0 Å². The van der Waals surface area contributed by atoms with Gasteiger partial charge >= 0.3 is 83.6 Å². The van der Waals surface area contributed by atoms with Gasteiger partial charge in [-0.15, -0.1) is 0 Å². The van der Waals surface area contributed by atoms with Crippen molar-refractivity contribution in [3.63, 3.8) is 0 Å². The molecule has 0 aromatic carbocycles. The van der Waals surface area contributed by atoms with Crippen molar-refractivity contribution in [2.45, 2.75) is 320 Å². The third kappa shape index (κ3) is 22.4. The zero-order valence-corrected chi connectivity index (χ0v) is 80.6. The van der Waals surface area contributed by atoms with Crippen LogP contribution in [0.4, 0.5) is 0 Å². The normalized spacial score (nSPS) is 36.7. The smallest absolute Gasteiger partial charge is 0.344 e. The van der Waals surface area contributed by atoms with Crippen molar-refractivity contribution in [3.05, 3.63) is 48.6 Å². The van der Waals surface area contributed by atoms with Crippen molar-refractivity contribution in [1.29, 1.82) is 0 Å². The third-order valence-electron chi connectivity index (χ3n) is 31.7. The monoisotopic (exact) mass is 1920 g/mol. The van der Waals surface area contributed by atoms with Crippen molar-refractivity contribution in [2.24, 2.45) is 111 Å². The summed E-state index contributed by atoms with van der Waals surface area (Å²) in [5.41, 5.74) is -0.906. The first-order valence-corrected chi connectivity index (χ1v) is 50.7. The standard InChI is InChI=1S/C19H28O9S.C17H22O9S.C17H26O2.C16H22O6.C14H16O6.C14H20O3/c1-4-19(2,3)18(22)26-8-7-25-14(20)5-6-15(21)27-16-11-9-12-13(10-11)29(23,24)28-17(12)16;1-9(2)17(20)24-6-5-23-13(18)3-4-14(19)25-15-10-7-11-12(8-10)27(21,22)26-16(11)15;1-10(2)16(18)19-17(11(3)4)14-6-12-5-13(8-14)9-15(17)7-12;1-4-16(2,3)15(19)20-7-11(17)21-12-8-5-9-10(6-8)14(18)22-13(9)12;1-6(2)13(16)18-5-10(15)19-11-7-3-8-9(4-7)14(17)20-12(8)11;1-9(2)12(15)17-14-6-10-3-11(7-14)5-13(16,4-10)8-14/h11-13,16-17H,4-10H2,1-3H3;10-12,15-16H,1,3-8H2,2H3;11-15H,1,5-9H2,2-4H3;8-10,12-13H,4-7H2,1-3H3;7-9,11-12H,1,3-5H2,2H3;10-11,16H,1,3-8H2,2H3. The fraction of sp³-hybridized carbons (Fsp3) is 0.773. The van der Waals surface area contributed by atoms with Gasteiger partial charge in [-0.25, -0.2) is 28.8 Å². The maximum atomic E-state index is 12.1. The summed E-state index contributed by atoms with van der Waals surface area (Å²) in [5, 5.41) is 9.56. The Hall–Kier alpha value is -8.68. The lowest BCUT2D eigenvalue weighted by molar-refractivity contribution is -0.221. The second kappa shape index (κ2) is 40.8. The highest BCUT2D eigenvalue weighted by Gasteiger charge is 2.69. The van der Waals surface area contributed by atoms with E-state index in [1.54, 1.807) is 41.5 Å². The predicted octanol–water partition coefficient (Wildman–Crippen LogP) is 10.0. The molecule has 134 heavy (non-hydrogen) atoms. The lowest BCUT2D eigenvalue weighted by Gasteiger charge is -2.61. The average Bonchev–Trinajstić information content (AvgIpc) is 1.62. The number of hydrogen-bond acceptors (Lipinski definition) is 35. The Bertz CT molecular complexity index is 4800. The molecule has 22 unspecified atom stereocenters. The molecule has 16 saturated carbocycles. The van der Waals surface area contributed by atoms with Crippen LogP contribution in [-0.2, 0) is 162 Å². The Morgan fingerprint density at radius 2 is 0.761 bits per heavy atom. The number of fused-ring (bicyclic) bond motifs is 4. The van der Waals surface area contributed by atoms with Crippen LogP contribution < -0.4 is 0 Å². The van der Waals surface area contributed by atoms with Crippen LogP contribution in [0.1, 0.15) is 244 Å². The van der Waals surface area contributed by atoms with Gasteiger partial charge in [0.15, 0.2) is 13.2 Å². The molecule has 37 heteroatoms. The van der Waals surface area contributed by atoms with E-state index in [0.717, 1.165) is 63.2 Å². The molecule has 20 aliphatic rings. The van der Waals surface area contributed by atoms with E-state index in [1.165, 1.54) is 52.4 Å². The van der Waals surface area contributed by atoms with E-state index in [4.69, 9.17) is 74.7 Å². The van der Waals surface area contributed by atoms with Gasteiger partial charge in [-0.3, -0.25) is 46.7 Å². The fourth-order valence-corrected chi connectivity index (χ4v) is 29.0. The summed E-state index contributed by atoms with van der Waals surface area (Å²) in [5.74, 6) is -1.38. The molecular weight excluding hydrogens is 1790 g/mol. The number of aliphatic hydroxyl groups is 1. The van der Waals surface area contributed by atoms with Crippen LogP contribution in [0, 0.1) is 111 Å². The lowest BCUT2D eigenvalue weighted by atomic mass is 9.47. The van der Waals surface area contributed by atoms with Crippen molar-refractivity contribution < 1.29 is 164 Å². The van der Waals surface area contributed by atoms with Crippen LogP contribution in [-0.4, -0.2) is 221 Å². The van der Waals surface area contributed by atoms with E-state index in [9.17, 15) is 89.1 Å². The minimum absolute atomic E-state index is 0.00636. The van der Waals surface area contributed by atoms with Crippen molar-refractivity contribution in [3.8, 4) is 0 Å². The van der Waals surface area contributed by atoms with Gasteiger partial charge in [0.1, 0.15) is 86.5 Å². The highest BCUT2D eigenvalue weighted by atomic mass is 32.2. The number of esters is 14. The molecule has 1 N–H and O–H groups in total. The van der Waals surface area contributed by atoms with Gasteiger partial charge < -0.3 is 71.4 Å². The highest BCUT2D eigenvalue weighted by molar-refractivity contribution is 7.88. The quantitative estimate of drug-likeness (QED) is 0.0221. The minimum Gasteiger partial charge on any atom is -0.462 e. The van der Waals surface area contributed by atoms with E-state index < -0.39 is 144 Å². The van der Waals surface area contributed by atoms with Crippen molar-refractivity contribution in [2.75, 3.05) is 39.6 Å².